The van der Waals surface area contributed by atoms with Crippen molar-refractivity contribution in [2.75, 3.05) is 35.8 Å². The van der Waals surface area contributed by atoms with Crippen molar-refractivity contribution in [1.29, 1.82) is 0 Å². The monoisotopic (exact) mass is 894 g/mol. The Hall–Kier alpha value is -4.86. The Morgan fingerprint density at radius 2 is 1.10 bits per heavy atom. The number of rotatable bonds is 16. The Labute approximate surface area is 371 Å². The molecule has 8 rings (SSSR count). The maximum Gasteiger partial charge on any atom is 0.264 e. The number of nitrogens with one attached hydrogen (secondary N) is 2. The van der Waals surface area contributed by atoms with Gasteiger partial charge < -0.3 is 15.1 Å². The predicted octanol–water partition coefficient (Wildman–Crippen LogP) is 9.68. The SMILES string of the molecule is Cc1ccc2c(c1)S(=O)(=O)N(C)c1ccccc1C2NCCCCCCc1ncco1.Cc1ccc2c(c1)S(=O)(=O)N(C)c1ccccc1C2NCCCCCCc1nccs1. The van der Waals surface area contributed by atoms with Crippen molar-refractivity contribution in [1.82, 2.24) is 20.6 Å². The molecular weight excluding hydrogens is 837 g/mol. The van der Waals surface area contributed by atoms with Crippen LogP contribution in [0.1, 0.15) is 108 Å². The zero-order chi connectivity index (χ0) is 43.7. The molecule has 2 N–H and O–H groups in total. The lowest BCUT2D eigenvalue weighted by Crippen LogP contribution is -2.26. The summed E-state index contributed by atoms with van der Waals surface area (Å²) in [7, 11) is -3.93. The molecule has 0 amide bonds. The number of anilines is 2. The van der Waals surface area contributed by atoms with E-state index in [4.69, 9.17) is 4.42 Å². The van der Waals surface area contributed by atoms with E-state index < -0.39 is 20.0 Å². The minimum atomic E-state index is -3.61. The van der Waals surface area contributed by atoms with Gasteiger partial charge in [0, 0.05) is 32.1 Å². The molecule has 0 fully saturated rings. The number of oxazole rings is 1. The maximum absolute atomic E-state index is 13.3. The first kappa shape index (κ1) is 45.2. The number of sulfonamides is 2. The number of benzene rings is 4. The molecule has 0 aliphatic carbocycles. The van der Waals surface area contributed by atoms with Crippen molar-refractivity contribution >= 4 is 42.8 Å². The van der Waals surface area contributed by atoms with E-state index in [1.807, 2.05) is 98.2 Å². The Morgan fingerprint density at radius 1 is 0.597 bits per heavy atom. The third-order valence-electron chi connectivity index (χ3n) is 11.7. The smallest absolute Gasteiger partial charge is 0.264 e. The molecule has 62 heavy (non-hydrogen) atoms. The molecule has 6 aromatic rings. The Morgan fingerprint density at radius 3 is 1.58 bits per heavy atom. The third kappa shape index (κ3) is 10.3. The molecule has 11 nitrogen and oxygen atoms in total. The molecule has 0 saturated heterocycles. The van der Waals surface area contributed by atoms with Gasteiger partial charge in [-0.05, 0) is 117 Å². The third-order valence-corrected chi connectivity index (χ3v) is 16.2. The summed E-state index contributed by atoms with van der Waals surface area (Å²) in [6.07, 6.45) is 15.9. The van der Waals surface area contributed by atoms with Crippen LogP contribution in [0.4, 0.5) is 11.4 Å². The van der Waals surface area contributed by atoms with Crippen molar-refractivity contribution in [3.8, 4) is 0 Å². The predicted molar refractivity (Wildman–Crippen MR) is 249 cm³/mol. The van der Waals surface area contributed by atoms with E-state index >= 15 is 0 Å². The highest BCUT2D eigenvalue weighted by atomic mass is 32.2. The van der Waals surface area contributed by atoms with Crippen molar-refractivity contribution < 1.29 is 21.3 Å². The van der Waals surface area contributed by atoms with Crippen LogP contribution < -0.4 is 19.2 Å². The van der Waals surface area contributed by atoms with Crippen molar-refractivity contribution in [3.63, 3.8) is 0 Å². The van der Waals surface area contributed by atoms with Crippen molar-refractivity contribution in [3.05, 3.63) is 153 Å². The first-order chi connectivity index (χ1) is 30.0. The number of para-hydroxylation sites is 2. The molecule has 4 aromatic carbocycles. The van der Waals surface area contributed by atoms with Gasteiger partial charge in [0.05, 0.1) is 44.5 Å². The highest BCUT2D eigenvalue weighted by molar-refractivity contribution is 7.93. The fraction of sp³-hybridized carbons (Fsp3) is 0.375. The van der Waals surface area contributed by atoms with Crippen LogP contribution >= 0.6 is 11.3 Å². The minimum absolute atomic E-state index is 0.151. The largest absolute Gasteiger partial charge is 0.449 e. The molecule has 4 heterocycles. The molecule has 2 atom stereocenters. The molecule has 0 bridgehead atoms. The van der Waals surface area contributed by atoms with Gasteiger partial charge in [-0.1, -0.05) is 86.3 Å². The van der Waals surface area contributed by atoms with E-state index in [1.165, 1.54) is 20.0 Å². The zero-order valence-electron chi connectivity index (χ0n) is 36.1. The number of aryl methyl sites for hydroxylation is 4. The van der Waals surface area contributed by atoms with Crippen LogP contribution in [-0.4, -0.2) is 54.0 Å². The minimum Gasteiger partial charge on any atom is -0.449 e. The van der Waals surface area contributed by atoms with Crippen LogP contribution in [0.2, 0.25) is 0 Å². The van der Waals surface area contributed by atoms with Gasteiger partial charge in [0.25, 0.3) is 20.0 Å². The summed E-state index contributed by atoms with van der Waals surface area (Å²) in [6.45, 7) is 5.51. The summed E-state index contributed by atoms with van der Waals surface area (Å²) in [4.78, 5) is 9.27. The van der Waals surface area contributed by atoms with Gasteiger partial charge in [0.1, 0.15) is 6.26 Å². The van der Waals surface area contributed by atoms with Crippen molar-refractivity contribution in [2.24, 2.45) is 0 Å². The summed E-state index contributed by atoms with van der Waals surface area (Å²) in [6, 6.07) is 26.7. The molecular formula is C48H58N6O5S3. The standard InChI is InChI=1S/C24H29N3O3S.C24H29N3O2S2/c2*1-18-12-13-20-22(17-18)31(28,29)27(2)21-10-7-6-9-19(21)24(20)26-14-8-4-3-5-11-23-25-15-16-30-23/h2*6-7,9-10,12-13,15-17,24,26H,3-5,8,11,14H2,1-2H3. The van der Waals surface area contributed by atoms with Crippen LogP contribution in [0.5, 0.6) is 0 Å². The van der Waals surface area contributed by atoms with E-state index in [2.05, 4.69) is 20.6 Å². The van der Waals surface area contributed by atoms with Crippen LogP contribution in [0.3, 0.4) is 0 Å². The molecule has 2 aliphatic rings. The lowest BCUT2D eigenvalue weighted by Gasteiger charge is -2.22. The maximum atomic E-state index is 13.3. The summed E-state index contributed by atoms with van der Waals surface area (Å²) in [5.74, 6) is 0.797. The molecule has 2 unspecified atom stereocenters. The second kappa shape index (κ2) is 20.5. The van der Waals surface area contributed by atoms with E-state index in [0.717, 1.165) is 122 Å². The summed E-state index contributed by atoms with van der Waals surface area (Å²) < 4.78 is 61.4. The average molecular weight is 895 g/mol. The normalized spacial score (nSPS) is 17.1. The number of thiazole rings is 1. The topological polar surface area (TPSA) is 138 Å². The van der Waals surface area contributed by atoms with Gasteiger partial charge in [-0.15, -0.1) is 11.3 Å². The first-order valence-corrected chi connectivity index (χ1v) is 25.3. The number of nitrogens with zero attached hydrogens (tertiary/aromatic N) is 4. The number of fused-ring (bicyclic) bond motifs is 4. The summed E-state index contributed by atoms with van der Waals surface area (Å²) >= 11 is 1.72. The molecule has 0 radical (unpaired) electrons. The lowest BCUT2D eigenvalue weighted by molar-refractivity contribution is 0.476. The quantitative estimate of drug-likeness (QED) is 0.0910. The Balaban J connectivity index is 0.000000186. The van der Waals surface area contributed by atoms with E-state index in [0.29, 0.717) is 9.79 Å². The molecule has 2 aromatic heterocycles. The van der Waals surface area contributed by atoms with Gasteiger partial charge in [-0.3, -0.25) is 8.61 Å². The number of hydrogen-bond acceptors (Lipinski definition) is 10. The van der Waals surface area contributed by atoms with Crippen LogP contribution in [-0.2, 0) is 32.9 Å². The van der Waals surface area contributed by atoms with Gasteiger partial charge in [-0.2, -0.15) is 0 Å². The van der Waals surface area contributed by atoms with Crippen LogP contribution in [0.15, 0.2) is 123 Å². The Bertz CT molecular complexity index is 2440. The van der Waals surface area contributed by atoms with Gasteiger partial charge in [-0.25, -0.2) is 26.8 Å². The van der Waals surface area contributed by atoms with E-state index in [9.17, 15) is 16.8 Å². The highest BCUT2D eigenvalue weighted by Crippen LogP contribution is 2.42. The molecule has 2 aliphatic heterocycles. The lowest BCUT2D eigenvalue weighted by atomic mass is 9.96. The average Bonchev–Trinajstić information content (AvgIpc) is 3.99. The molecule has 328 valence electrons. The second-order valence-electron chi connectivity index (χ2n) is 16.1. The van der Waals surface area contributed by atoms with E-state index in [1.54, 1.807) is 50.0 Å². The molecule has 0 saturated carbocycles. The van der Waals surface area contributed by atoms with Crippen LogP contribution in [0, 0.1) is 13.8 Å². The van der Waals surface area contributed by atoms with Gasteiger partial charge in [0.2, 0.25) is 0 Å². The Kier molecular flexibility index (Phi) is 15.0. The second-order valence-corrected chi connectivity index (χ2v) is 21.0. The summed E-state index contributed by atoms with van der Waals surface area (Å²) in [5.41, 5.74) is 6.96. The first-order valence-electron chi connectivity index (χ1n) is 21.6. The molecule has 0 spiro atoms. The number of unbranched alkanes of at least 4 members (excludes halogenated alkanes) is 6. The highest BCUT2D eigenvalue weighted by Gasteiger charge is 2.36. The summed E-state index contributed by atoms with van der Waals surface area (Å²) in [5, 5.41) is 10.5. The molecule has 14 heteroatoms. The van der Waals surface area contributed by atoms with Crippen LogP contribution in [0.25, 0.3) is 0 Å². The van der Waals surface area contributed by atoms with E-state index in [-0.39, 0.29) is 12.1 Å². The fourth-order valence-corrected chi connectivity index (χ4v) is 12.1. The fourth-order valence-electron chi connectivity index (χ4n) is 8.33. The van der Waals surface area contributed by atoms with Crippen molar-refractivity contribution in [2.45, 2.75) is 99.9 Å². The van der Waals surface area contributed by atoms with Gasteiger partial charge >= 0.3 is 0 Å². The zero-order valence-corrected chi connectivity index (χ0v) is 38.5. The number of aromatic nitrogens is 2. The number of hydrogen-bond donors (Lipinski definition) is 2. The van der Waals surface area contributed by atoms with Gasteiger partial charge in [0.15, 0.2) is 5.89 Å².